The van der Waals surface area contributed by atoms with Gasteiger partial charge in [0.05, 0.1) is 6.04 Å². The molecule has 0 bridgehead atoms. The molecule has 0 aliphatic rings. The monoisotopic (exact) mass is 306 g/mol. The van der Waals surface area contributed by atoms with Crippen LogP contribution in [-0.4, -0.2) is 26.9 Å². The van der Waals surface area contributed by atoms with E-state index in [9.17, 15) is 22.0 Å². The predicted molar refractivity (Wildman–Crippen MR) is 69.4 cm³/mol. The van der Waals surface area contributed by atoms with Crippen LogP contribution in [0.1, 0.15) is 20.3 Å². The average Bonchev–Trinajstić information content (AvgIpc) is 2.38. The molecule has 1 aromatic rings. The second kappa shape index (κ2) is 6.76. The lowest BCUT2D eigenvalue weighted by Crippen LogP contribution is -2.45. The van der Waals surface area contributed by atoms with Gasteiger partial charge in [0.2, 0.25) is 15.9 Å². The molecule has 0 fully saturated rings. The van der Waals surface area contributed by atoms with Crippen LogP contribution in [-0.2, 0) is 14.8 Å². The Kier molecular flexibility index (Phi) is 5.58. The maximum absolute atomic E-state index is 13.4. The molecule has 20 heavy (non-hydrogen) atoms. The van der Waals surface area contributed by atoms with Gasteiger partial charge in [0.25, 0.3) is 0 Å². The number of hydrogen-bond donors (Lipinski definition) is 2. The van der Waals surface area contributed by atoms with Crippen molar-refractivity contribution < 1.29 is 22.0 Å². The molecule has 1 aromatic carbocycles. The first-order valence-electron chi connectivity index (χ1n) is 6.03. The average molecular weight is 306 g/mol. The van der Waals surface area contributed by atoms with Gasteiger partial charge in [-0.05, 0) is 31.5 Å². The van der Waals surface area contributed by atoms with E-state index in [0.717, 1.165) is 6.07 Å². The van der Waals surface area contributed by atoms with E-state index < -0.39 is 38.5 Å². The lowest BCUT2D eigenvalue weighted by molar-refractivity contribution is -0.122. The smallest absolute Gasteiger partial charge is 0.244 e. The summed E-state index contributed by atoms with van der Waals surface area (Å²) in [5.41, 5.74) is 0. The molecule has 1 amide bonds. The zero-order valence-corrected chi connectivity index (χ0v) is 11.9. The fourth-order valence-corrected chi connectivity index (χ4v) is 2.73. The SMILES string of the molecule is CCCNC(=O)[C@@H](C)NS(=O)(=O)c1cc(F)ccc1F. The van der Waals surface area contributed by atoms with E-state index in [0.29, 0.717) is 25.1 Å². The zero-order valence-electron chi connectivity index (χ0n) is 11.1. The van der Waals surface area contributed by atoms with Crippen LogP contribution in [0.4, 0.5) is 8.78 Å². The molecule has 0 aliphatic heterocycles. The van der Waals surface area contributed by atoms with E-state index in [1.165, 1.54) is 6.92 Å². The third-order valence-corrected chi connectivity index (χ3v) is 4.01. The summed E-state index contributed by atoms with van der Waals surface area (Å²) in [4.78, 5) is 10.7. The molecule has 112 valence electrons. The third kappa shape index (κ3) is 4.24. The van der Waals surface area contributed by atoms with Gasteiger partial charge in [-0.1, -0.05) is 6.92 Å². The number of benzene rings is 1. The minimum absolute atomic E-state index is 0.402. The summed E-state index contributed by atoms with van der Waals surface area (Å²) in [6, 6.07) is 1.00. The summed E-state index contributed by atoms with van der Waals surface area (Å²) in [5, 5.41) is 2.50. The fraction of sp³-hybridized carbons (Fsp3) is 0.417. The van der Waals surface area contributed by atoms with Crippen molar-refractivity contribution in [3.05, 3.63) is 29.8 Å². The number of halogens is 2. The Bertz CT molecular complexity index is 590. The van der Waals surface area contributed by atoms with Crippen molar-refractivity contribution in [2.45, 2.75) is 31.2 Å². The number of hydrogen-bond acceptors (Lipinski definition) is 3. The first kappa shape index (κ1) is 16.5. The number of nitrogens with one attached hydrogen (secondary N) is 2. The molecular weight excluding hydrogens is 290 g/mol. The highest BCUT2D eigenvalue weighted by Gasteiger charge is 2.25. The molecule has 5 nitrogen and oxygen atoms in total. The second-order valence-electron chi connectivity index (χ2n) is 4.21. The van der Waals surface area contributed by atoms with Gasteiger partial charge in [-0.15, -0.1) is 0 Å². The molecular formula is C12H16F2N2O3S. The van der Waals surface area contributed by atoms with Crippen molar-refractivity contribution in [3.8, 4) is 0 Å². The second-order valence-corrected chi connectivity index (χ2v) is 5.89. The van der Waals surface area contributed by atoms with Gasteiger partial charge in [-0.2, -0.15) is 4.72 Å². The molecule has 8 heteroatoms. The lowest BCUT2D eigenvalue weighted by Gasteiger charge is -2.14. The summed E-state index contributed by atoms with van der Waals surface area (Å²) in [6.45, 7) is 3.57. The largest absolute Gasteiger partial charge is 0.355 e. The Morgan fingerprint density at radius 1 is 1.35 bits per heavy atom. The van der Waals surface area contributed by atoms with Gasteiger partial charge in [-0.3, -0.25) is 4.79 Å². The summed E-state index contributed by atoms with van der Waals surface area (Å²) >= 11 is 0. The van der Waals surface area contributed by atoms with Crippen LogP contribution < -0.4 is 10.0 Å². The number of carbonyl (C=O) groups is 1. The standard InChI is InChI=1S/C12H16F2N2O3S/c1-3-6-15-12(17)8(2)16-20(18,19)11-7-9(13)4-5-10(11)14/h4-5,7-8,16H,3,6H2,1-2H3,(H,15,17)/t8-/m1/s1. The third-order valence-electron chi connectivity index (χ3n) is 2.46. The number of amides is 1. The van der Waals surface area contributed by atoms with E-state index in [-0.39, 0.29) is 0 Å². The highest BCUT2D eigenvalue weighted by Crippen LogP contribution is 2.15. The van der Waals surface area contributed by atoms with E-state index >= 15 is 0 Å². The van der Waals surface area contributed by atoms with E-state index in [1.54, 1.807) is 0 Å². The minimum Gasteiger partial charge on any atom is -0.355 e. The summed E-state index contributed by atoms with van der Waals surface area (Å²) in [6.07, 6.45) is 0.698. The molecule has 0 saturated carbocycles. The molecule has 0 saturated heterocycles. The van der Waals surface area contributed by atoms with Gasteiger partial charge in [0, 0.05) is 6.54 Å². The summed E-state index contributed by atoms with van der Waals surface area (Å²) in [7, 11) is -4.31. The molecule has 0 unspecified atom stereocenters. The van der Waals surface area contributed by atoms with Crippen molar-refractivity contribution in [1.82, 2.24) is 10.0 Å². The molecule has 0 aromatic heterocycles. The zero-order chi connectivity index (χ0) is 15.3. The lowest BCUT2D eigenvalue weighted by atomic mass is 10.3. The first-order chi connectivity index (χ1) is 9.27. The van der Waals surface area contributed by atoms with Gasteiger partial charge < -0.3 is 5.32 Å². The van der Waals surface area contributed by atoms with Gasteiger partial charge in [-0.25, -0.2) is 17.2 Å². The Morgan fingerprint density at radius 3 is 2.60 bits per heavy atom. The van der Waals surface area contributed by atoms with Crippen molar-refractivity contribution in [2.75, 3.05) is 6.54 Å². The summed E-state index contributed by atoms with van der Waals surface area (Å²) in [5.74, 6) is -2.50. The maximum atomic E-state index is 13.4. The Hall–Kier alpha value is -1.54. The normalized spacial score (nSPS) is 13.0. The first-order valence-corrected chi connectivity index (χ1v) is 7.51. The topological polar surface area (TPSA) is 75.3 Å². The van der Waals surface area contributed by atoms with Crippen LogP contribution >= 0.6 is 0 Å². The number of rotatable bonds is 6. The summed E-state index contributed by atoms with van der Waals surface area (Å²) < 4.78 is 52.2. The van der Waals surface area contributed by atoms with Crippen LogP contribution in [0.15, 0.2) is 23.1 Å². The maximum Gasteiger partial charge on any atom is 0.244 e. The van der Waals surface area contributed by atoms with Crippen molar-refractivity contribution in [3.63, 3.8) is 0 Å². The van der Waals surface area contributed by atoms with Crippen molar-refractivity contribution in [1.29, 1.82) is 0 Å². The Morgan fingerprint density at radius 2 is 2.00 bits per heavy atom. The minimum atomic E-state index is -4.31. The van der Waals surface area contributed by atoms with Gasteiger partial charge >= 0.3 is 0 Å². The number of sulfonamides is 1. The molecule has 0 aliphatic carbocycles. The predicted octanol–water partition coefficient (Wildman–Crippen LogP) is 1.16. The van der Waals surface area contributed by atoms with Crippen LogP contribution in [0.3, 0.4) is 0 Å². The highest BCUT2D eigenvalue weighted by atomic mass is 32.2. The molecule has 0 radical (unpaired) electrons. The Balaban J connectivity index is 2.89. The molecule has 1 rings (SSSR count). The fourth-order valence-electron chi connectivity index (χ4n) is 1.43. The molecule has 0 heterocycles. The molecule has 1 atom stereocenters. The van der Waals surface area contributed by atoms with Crippen molar-refractivity contribution in [2.24, 2.45) is 0 Å². The van der Waals surface area contributed by atoms with Crippen LogP contribution in [0.25, 0.3) is 0 Å². The van der Waals surface area contributed by atoms with E-state index in [1.807, 2.05) is 11.6 Å². The van der Waals surface area contributed by atoms with Crippen LogP contribution in [0.5, 0.6) is 0 Å². The number of carbonyl (C=O) groups excluding carboxylic acids is 1. The van der Waals surface area contributed by atoms with Crippen LogP contribution in [0, 0.1) is 11.6 Å². The van der Waals surface area contributed by atoms with Gasteiger partial charge in [0.1, 0.15) is 16.5 Å². The van der Waals surface area contributed by atoms with Crippen LogP contribution in [0.2, 0.25) is 0 Å². The van der Waals surface area contributed by atoms with Gasteiger partial charge in [0.15, 0.2) is 0 Å². The molecule has 0 spiro atoms. The van der Waals surface area contributed by atoms with E-state index in [4.69, 9.17) is 0 Å². The quantitative estimate of drug-likeness (QED) is 0.828. The Labute approximate surface area is 116 Å². The van der Waals surface area contributed by atoms with E-state index in [2.05, 4.69) is 5.32 Å². The molecule has 2 N–H and O–H groups in total. The highest BCUT2D eigenvalue weighted by molar-refractivity contribution is 7.89. The van der Waals surface area contributed by atoms with Crippen molar-refractivity contribution >= 4 is 15.9 Å².